The van der Waals surface area contributed by atoms with Crippen LogP contribution >= 0.6 is 0 Å². The zero-order valence-corrected chi connectivity index (χ0v) is 9.67. The Hall–Kier alpha value is -2.55. The SMILES string of the molecule is Oc1ccc(/C(=C2/C=CC=N2)c2ccc[nH]2)cc1. The number of hydrogen-bond donors (Lipinski definition) is 2. The van der Waals surface area contributed by atoms with Gasteiger partial charge < -0.3 is 10.1 Å². The number of hydrogen-bond acceptors (Lipinski definition) is 2. The van der Waals surface area contributed by atoms with Gasteiger partial charge in [0.05, 0.1) is 5.70 Å². The van der Waals surface area contributed by atoms with E-state index < -0.39 is 0 Å². The lowest BCUT2D eigenvalue weighted by Gasteiger charge is -2.08. The Morgan fingerprint density at radius 2 is 1.94 bits per heavy atom. The smallest absolute Gasteiger partial charge is 0.115 e. The summed E-state index contributed by atoms with van der Waals surface area (Å²) in [5.74, 6) is 0.264. The summed E-state index contributed by atoms with van der Waals surface area (Å²) in [6.07, 6.45) is 7.55. The van der Waals surface area contributed by atoms with Gasteiger partial charge in [-0.2, -0.15) is 0 Å². The van der Waals surface area contributed by atoms with Crippen molar-refractivity contribution >= 4 is 11.8 Å². The van der Waals surface area contributed by atoms with Crippen molar-refractivity contribution in [3.8, 4) is 5.75 Å². The second-order valence-electron chi connectivity index (χ2n) is 4.03. The summed E-state index contributed by atoms with van der Waals surface area (Å²) >= 11 is 0. The van der Waals surface area contributed by atoms with Crippen LogP contribution in [0.5, 0.6) is 5.75 Å². The molecular weight excluding hydrogens is 224 g/mol. The van der Waals surface area contributed by atoms with E-state index in [1.807, 2.05) is 42.6 Å². The number of rotatable bonds is 2. The maximum absolute atomic E-state index is 9.37. The lowest BCUT2D eigenvalue weighted by Crippen LogP contribution is -1.91. The van der Waals surface area contributed by atoms with Crippen LogP contribution < -0.4 is 0 Å². The molecule has 0 aliphatic carbocycles. The van der Waals surface area contributed by atoms with E-state index in [0.29, 0.717) is 0 Å². The van der Waals surface area contributed by atoms with Crippen LogP contribution in [0.1, 0.15) is 11.3 Å². The fourth-order valence-corrected chi connectivity index (χ4v) is 2.00. The molecule has 0 bridgehead atoms. The number of nitrogens with one attached hydrogen (secondary N) is 1. The van der Waals surface area contributed by atoms with E-state index in [1.54, 1.807) is 18.3 Å². The highest BCUT2D eigenvalue weighted by atomic mass is 16.3. The van der Waals surface area contributed by atoms with Gasteiger partial charge in [-0.15, -0.1) is 0 Å². The van der Waals surface area contributed by atoms with Gasteiger partial charge in [0.25, 0.3) is 0 Å². The second kappa shape index (κ2) is 4.37. The van der Waals surface area contributed by atoms with Crippen molar-refractivity contribution < 1.29 is 5.11 Å². The summed E-state index contributed by atoms with van der Waals surface area (Å²) in [6, 6.07) is 11.1. The normalized spacial score (nSPS) is 16.2. The van der Waals surface area contributed by atoms with E-state index in [2.05, 4.69) is 9.98 Å². The predicted molar refractivity (Wildman–Crippen MR) is 72.6 cm³/mol. The number of phenols is 1. The molecule has 3 rings (SSSR count). The number of phenolic OH excluding ortho intramolecular Hbond substituents is 1. The Balaban J connectivity index is 2.18. The number of aromatic amines is 1. The van der Waals surface area contributed by atoms with Crippen molar-refractivity contribution in [2.75, 3.05) is 0 Å². The molecule has 0 radical (unpaired) electrons. The first-order chi connectivity index (χ1) is 8.84. The number of allylic oxidation sites excluding steroid dienone is 2. The van der Waals surface area contributed by atoms with Crippen LogP contribution in [0.2, 0.25) is 0 Å². The minimum absolute atomic E-state index is 0.264. The van der Waals surface area contributed by atoms with Crippen LogP contribution in [-0.2, 0) is 0 Å². The van der Waals surface area contributed by atoms with E-state index in [0.717, 1.165) is 22.5 Å². The van der Waals surface area contributed by atoms with Gasteiger partial charge in [0.1, 0.15) is 5.75 Å². The standard InChI is InChI=1S/C15H12N2O/c18-12-7-5-11(6-8-12)15(13-3-1-9-16-13)14-4-2-10-17-14/h1-10,16,18H/b15-14+. The number of nitrogens with zero attached hydrogens (tertiary/aromatic N) is 1. The molecule has 2 heterocycles. The summed E-state index contributed by atoms with van der Waals surface area (Å²) < 4.78 is 0. The van der Waals surface area contributed by atoms with Gasteiger partial charge in [-0.25, -0.2) is 0 Å². The van der Waals surface area contributed by atoms with Crippen LogP contribution in [0.25, 0.3) is 5.57 Å². The maximum atomic E-state index is 9.37. The van der Waals surface area contributed by atoms with Gasteiger partial charge in [-0.05, 0) is 42.0 Å². The van der Waals surface area contributed by atoms with Crippen molar-refractivity contribution in [1.29, 1.82) is 0 Å². The van der Waals surface area contributed by atoms with E-state index in [1.165, 1.54) is 0 Å². The molecule has 0 fully saturated rings. The Bertz CT molecular complexity index is 618. The van der Waals surface area contributed by atoms with E-state index in [-0.39, 0.29) is 5.75 Å². The summed E-state index contributed by atoms with van der Waals surface area (Å²) in [5, 5.41) is 9.37. The maximum Gasteiger partial charge on any atom is 0.115 e. The van der Waals surface area contributed by atoms with Gasteiger partial charge in [0.15, 0.2) is 0 Å². The van der Waals surface area contributed by atoms with Crippen LogP contribution in [0, 0.1) is 0 Å². The van der Waals surface area contributed by atoms with Crippen molar-refractivity contribution in [3.05, 3.63) is 71.7 Å². The third-order valence-electron chi connectivity index (χ3n) is 2.83. The predicted octanol–water partition coefficient (Wildman–Crippen LogP) is 3.12. The van der Waals surface area contributed by atoms with Gasteiger partial charge >= 0.3 is 0 Å². The summed E-state index contributed by atoms with van der Waals surface area (Å²) in [5.41, 5.74) is 3.99. The van der Waals surface area contributed by atoms with Gasteiger partial charge in [0.2, 0.25) is 0 Å². The van der Waals surface area contributed by atoms with Crippen LogP contribution in [0.3, 0.4) is 0 Å². The lowest BCUT2D eigenvalue weighted by molar-refractivity contribution is 0.475. The zero-order chi connectivity index (χ0) is 12.4. The Morgan fingerprint density at radius 3 is 2.56 bits per heavy atom. The first kappa shape index (κ1) is 10.6. The molecule has 2 aromatic rings. The second-order valence-corrected chi connectivity index (χ2v) is 4.03. The monoisotopic (exact) mass is 236 g/mol. The number of H-pyrrole nitrogens is 1. The van der Waals surface area contributed by atoms with Crippen molar-refractivity contribution in [3.63, 3.8) is 0 Å². The minimum atomic E-state index is 0.264. The minimum Gasteiger partial charge on any atom is -0.508 e. The molecule has 0 amide bonds. The lowest BCUT2D eigenvalue weighted by atomic mass is 10.0. The fourth-order valence-electron chi connectivity index (χ4n) is 2.00. The highest BCUT2D eigenvalue weighted by Crippen LogP contribution is 2.29. The number of aromatic nitrogens is 1. The molecular formula is C15H12N2O. The molecule has 18 heavy (non-hydrogen) atoms. The Labute approximate surface area is 105 Å². The molecule has 1 aromatic carbocycles. The molecule has 0 saturated heterocycles. The summed E-state index contributed by atoms with van der Waals surface area (Å²) in [4.78, 5) is 7.55. The van der Waals surface area contributed by atoms with Crippen LogP contribution in [-0.4, -0.2) is 16.3 Å². The molecule has 1 aliphatic rings. The third-order valence-corrected chi connectivity index (χ3v) is 2.83. The topological polar surface area (TPSA) is 48.4 Å². The van der Waals surface area contributed by atoms with Gasteiger partial charge in [-0.3, -0.25) is 4.99 Å². The van der Waals surface area contributed by atoms with Crippen molar-refractivity contribution in [2.24, 2.45) is 4.99 Å². The van der Waals surface area contributed by atoms with E-state index in [4.69, 9.17) is 0 Å². The first-order valence-corrected chi connectivity index (χ1v) is 5.73. The molecule has 1 aromatic heterocycles. The highest BCUT2D eigenvalue weighted by Gasteiger charge is 2.12. The molecule has 0 saturated carbocycles. The molecule has 0 atom stereocenters. The average molecular weight is 236 g/mol. The Kier molecular flexibility index (Phi) is 2.57. The Morgan fingerprint density at radius 1 is 1.11 bits per heavy atom. The third kappa shape index (κ3) is 1.86. The molecule has 3 nitrogen and oxygen atoms in total. The summed E-state index contributed by atoms with van der Waals surface area (Å²) in [6.45, 7) is 0. The zero-order valence-electron chi connectivity index (χ0n) is 9.67. The number of aromatic hydroxyl groups is 1. The molecule has 1 aliphatic heterocycles. The van der Waals surface area contributed by atoms with Crippen LogP contribution in [0.4, 0.5) is 0 Å². The van der Waals surface area contributed by atoms with Gasteiger partial charge in [0, 0.05) is 23.7 Å². The molecule has 0 unspecified atom stereocenters. The van der Waals surface area contributed by atoms with Gasteiger partial charge in [-0.1, -0.05) is 12.1 Å². The van der Waals surface area contributed by atoms with E-state index in [9.17, 15) is 5.11 Å². The quantitative estimate of drug-likeness (QED) is 0.826. The van der Waals surface area contributed by atoms with Crippen molar-refractivity contribution in [2.45, 2.75) is 0 Å². The fraction of sp³-hybridized carbons (Fsp3) is 0. The molecule has 3 heteroatoms. The number of aliphatic imine (C=N–C) groups is 1. The first-order valence-electron chi connectivity index (χ1n) is 5.73. The summed E-state index contributed by atoms with van der Waals surface area (Å²) in [7, 11) is 0. The molecule has 0 spiro atoms. The van der Waals surface area contributed by atoms with Crippen molar-refractivity contribution in [1.82, 2.24) is 4.98 Å². The van der Waals surface area contributed by atoms with E-state index >= 15 is 0 Å². The average Bonchev–Trinajstić information content (AvgIpc) is 3.06. The van der Waals surface area contributed by atoms with Crippen LogP contribution in [0.15, 0.2) is 65.4 Å². The largest absolute Gasteiger partial charge is 0.508 e. The molecule has 88 valence electrons. The highest BCUT2D eigenvalue weighted by molar-refractivity contribution is 5.88. The molecule has 2 N–H and O–H groups in total. The number of benzene rings is 1.